The van der Waals surface area contributed by atoms with E-state index in [0.29, 0.717) is 5.92 Å². The van der Waals surface area contributed by atoms with Crippen LogP contribution in [-0.4, -0.2) is 35.7 Å². The van der Waals surface area contributed by atoms with Crippen molar-refractivity contribution in [2.75, 3.05) is 19.6 Å². The van der Waals surface area contributed by atoms with Gasteiger partial charge < -0.3 is 10.0 Å². The maximum absolute atomic E-state index is 10.00. The second-order valence-electron chi connectivity index (χ2n) is 6.26. The molecule has 0 spiro atoms. The molecule has 2 aliphatic carbocycles. The van der Waals surface area contributed by atoms with Gasteiger partial charge in [-0.3, -0.25) is 0 Å². The molecule has 0 aromatic carbocycles. The molecule has 92 valence electrons. The summed E-state index contributed by atoms with van der Waals surface area (Å²) < 4.78 is 0. The number of aliphatic hydroxyl groups is 1. The fourth-order valence-corrected chi connectivity index (χ4v) is 3.74. The van der Waals surface area contributed by atoms with Crippen molar-refractivity contribution < 1.29 is 5.11 Å². The number of piperidine rings is 1. The third-order valence-corrected chi connectivity index (χ3v) is 4.99. The minimum Gasteiger partial charge on any atom is -0.392 e. The quantitative estimate of drug-likeness (QED) is 0.793. The second-order valence-corrected chi connectivity index (χ2v) is 6.26. The molecule has 1 saturated heterocycles. The molecule has 0 aromatic heterocycles. The third-order valence-electron chi connectivity index (χ3n) is 4.99. The standard InChI is InChI=1S/C14H25NO/c16-14(12-5-6-12)10-15-8-7-11-3-1-2-4-13(11)9-15/h11-14,16H,1-10H2. The van der Waals surface area contributed by atoms with Crippen molar-refractivity contribution in [3.8, 4) is 0 Å². The van der Waals surface area contributed by atoms with Gasteiger partial charge in [0.2, 0.25) is 0 Å². The zero-order valence-corrected chi connectivity index (χ0v) is 10.3. The summed E-state index contributed by atoms with van der Waals surface area (Å²) in [6, 6.07) is 0. The Morgan fingerprint density at radius 2 is 1.75 bits per heavy atom. The first-order valence-corrected chi connectivity index (χ1v) is 7.23. The highest BCUT2D eigenvalue weighted by atomic mass is 16.3. The van der Waals surface area contributed by atoms with Crippen LogP contribution in [0.3, 0.4) is 0 Å². The van der Waals surface area contributed by atoms with Crippen molar-refractivity contribution in [1.82, 2.24) is 4.90 Å². The molecule has 0 bridgehead atoms. The van der Waals surface area contributed by atoms with Gasteiger partial charge in [0.25, 0.3) is 0 Å². The maximum Gasteiger partial charge on any atom is 0.0695 e. The van der Waals surface area contributed by atoms with Gasteiger partial charge in [-0.05, 0) is 50.0 Å². The first-order valence-electron chi connectivity index (χ1n) is 7.23. The smallest absolute Gasteiger partial charge is 0.0695 e. The van der Waals surface area contributed by atoms with Crippen molar-refractivity contribution in [2.45, 2.75) is 51.0 Å². The van der Waals surface area contributed by atoms with Gasteiger partial charge in [0.15, 0.2) is 0 Å². The number of fused-ring (bicyclic) bond motifs is 1. The highest BCUT2D eigenvalue weighted by Crippen LogP contribution is 2.37. The lowest BCUT2D eigenvalue weighted by molar-refractivity contribution is 0.0389. The molecular formula is C14H25NO. The minimum absolute atomic E-state index is 0.0276. The van der Waals surface area contributed by atoms with E-state index in [1.54, 1.807) is 0 Å². The zero-order chi connectivity index (χ0) is 11.0. The Hall–Kier alpha value is -0.0800. The molecule has 3 rings (SSSR count). The summed E-state index contributed by atoms with van der Waals surface area (Å²) in [4.78, 5) is 2.54. The molecule has 3 aliphatic rings. The van der Waals surface area contributed by atoms with Gasteiger partial charge in [-0.2, -0.15) is 0 Å². The Morgan fingerprint density at radius 1 is 1.00 bits per heavy atom. The first-order chi connectivity index (χ1) is 7.83. The molecule has 0 radical (unpaired) electrons. The van der Waals surface area contributed by atoms with E-state index in [1.807, 2.05) is 0 Å². The van der Waals surface area contributed by atoms with Gasteiger partial charge in [-0.15, -0.1) is 0 Å². The van der Waals surface area contributed by atoms with Crippen molar-refractivity contribution >= 4 is 0 Å². The average Bonchev–Trinajstić information content (AvgIpc) is 3.12. The van der Waals surface area contributed by atoms with Crippen LogP contribution in [0.5, 0.6) is 0 Å². The minimum atomic E-state index is -0.0276. The van der Waals surface area contributed by atoms with Crippen LogP contribution in [0.4, 0.5) is 0 Å². The van der Waals surface area contributed by atoms with Gasteiger partial charge in [0.1, 0.15) is 0 Å². The van der Waals surface area contributed by atoms with E-state index in [0.717, 1.165) is 18.4 Å². The fraction of sp³-hybridized carbons (Fsp3) is 1.00. The molecule has 0 amide bonds. The van der Waals surface area contributed by atoms with E-state index in [2.05, 4.69) is 4.90 Å². The molecule has 16 heavy (non-hydrogen) atoms. The Morgan fingerprint density at radius 3 is 2.50 bits per heavy atom. The number of β-amino-alcohol motifs (C(OH)–C–C–N with tert-alkyl or cyclic N) is 1. The monoisotopic (exact) mass is 223 g/mol. The normalized spacial score (nSPS) is 38.1. The van der Waals surface area contributed by atoms with Crippen LogP contribution in [-0.2, 0) is 0 Å². The molecule has 3 fully saturated rings. The lowest BCUT2D eigenvalue weighted by atomic mass is 9.75. The van der Waals surface area contributed by atoms with E-state index < -0.39 is 0 Å². The van der Waals surface area contributed by atoms with Gasteiger partial charge in [-0.25, -0.2) is 0 Å². The van der Waals surface area contributed by atoms with Gasteiger partial charge in [0.05, 0.1) is 6.10 Å². The molecule has 3 unspecified atom stereocenters. The number of hydrogen-bond donors (Lipinski definition) is 1. The van der Waals surface area contributed by atoms with Gasteiger partial charge >= 0.3 is 0 Å². The van der Waals surface area contributed by atoms with E-state index in [1.165, 1.54) is 58.0 Å². The topological polar surface area (TPSA) is 23.5 Å². The van der Waals surface area contributed by atoms with Gasteiger partial charge in [-0.1, -0.05) is 19.3 Å². The van der Waals surface area contributed by atoms with Crippen LogP contribution < -0.4 is 0 Å². The Bertz CT molecular complexity index is 239. The van der Waals surface area contributed by atoms with Crippen molar-refractivity contribution in [3.63, 3.8) is 0 Å². The van der Waals surface area contributed by atoms with Crippen molar-refractivity contribution in [1.29, 1.82) is 0 Å². The summed E-state index contributed by atoms with van der Waals surface area (Å²) in [5.74, 6) is 2.61. The average molecular weight is 223 g/mol. The van der Waals surface area contributed by atoms with E-state index in [9.17, 15) is 5.11 Å². The summed E-state index contributed by atoms with van der Waals surface area (Å²) in [7, 11) is 0. The van der Waals surface area contributed by atoms with Crippen LogP contribution in [0.25, 0.3) is 0 Å². The molecule has 1 heterocycles. The molecular weight excluding hydrogens is 198 g/mol. The Kier molecular flexibility index (Phi) is 3.21. The second kappa shape index (κ2) is 4.66. The summed E-state index contributed by atoms with van der Waals surface area (Å²) in [6.45, 7) is 3.47. The highest BCUT2D eigenvalue weighted by molar-refractivity contribution is 4.87. The SMILES string of the molecule is OC(CN1CCC2CCCCC2C1)C1CC1. The molecule has 3 atom stereocenters. The lowest BCUT2D eigenvalue weighted by Gasteiger charge is -2.41. The van der Waals surface area contributed by atoms with Gasteiger partial charge in [0, 0.05) is 13.1 Å². The van der Waals surface area contributed by atoms with Crippen molar-refractivity contribution in [3.05, 3.63) is 0 Å². The summed E-state index contributed by atoms with van der Waals surface area (Å²) in [5, 5.41) is 10.00. The molecule has 1 aliphatic heterocycles. The predicted molar refractivity (Wildman–Crippen MR) is 65.2 cm³/mol. The number of likely N-dealkylation sites (tertiary alicyclic amines) is 1. The summed E-state index contributed by atoms with van der Waals surface area (Å²) in [6.07, 6.45) is 9.72. The van der Waals surface area contributed by atoms with Crippen LogP contribution >= 0.6 is 0 Å². The van der Waals surface area contributed by atoms with E-state index in [-0.39, 0.29) is 6.10 Å². The van der Waals surface area contributed by atoms with Crippen LogP contribution in [0.15, 0.2) is 0 Å². The molecule has 2 saturated carbocycles. The number of rotatable bonds is 3. The molecule has 1 N–H and O–H groups in total. The largest absolute Gasteiger partial charge is 0.392 e. The third kappa shape index (κ3) is 2.43. The summed E-state index contributed by atoms with van der Waals surface area (Å²) in [5.41, 5.74) is 0. The molecule has 0 aromatic rings. The fourth-order valence-electron chi connectivity index (χ4n) is 3.74. The number of aliphatic hydroxyl groups excluding tert-OH is 1. The number of hydrogen-bond acceptors (Lipinski definition) is 2. The maximum atomic E-state index is 10.00. The van der Waals surface area contributed by atoms with Crippen LogP contribution in [0.1, 0.15) is 44.9 Å². The molecule has 2 nitrogen and oxygen atoms in total. The Balaban J connectivity index is 1.49. The first kappa shape index (κ1) is 11.0. The Labute approximate surface area is 99.0 Å². The highest BCUT2D eigenvalue weighted by Gasteiger charge is 2.35. The van der Waals surface area contributed by atoms with Crippen molar-refractivity contribution in [2.24, 2.45) is 17.8 Å². The number of nitrogens with zero attached hydrogens (tertiary/aromatic N) is 1. The van der Waals surface area contributed by atoms with Crippen LogP contribution in [0.2, 0.25) is 0 Å². The van der Waals surface area contributed by atoms with E-state index in [4.69, 9.17) is 0 Å². The lowest BCUT2D eigenvalue weighted by Crippen LogP contribution is -2.45. The molecule has 2 heteroatoms. The zero-order valence-electron chi connectivity index (χ0n) is 10.3. The summed E-state index contributed by atoms with van der Waals surface area (Å²) >= 11 is 0. The van der Waals surface area contributed by atoms with Crippen LogP contribution in [0, 0.1) is 17.8 Å². The predicted octanol–water partition coefficient (Wildman–Crippen LogP) is 2.27. The van der Waals surface area contributed by atoms with E-state index >= 15 is 0 Å².